The highest BCUT2D eigenvalue weighted by atomic mass is 28.4. The van der Waals surface area contributed by atoms with Gasteiger partial charge in [0.05, 0.1) is 18.3 Å². The number of amides is 2. The van der Waals surface area contributed by atoms with E-state index >= 15 is 0 Å². The number of nitrogens with zero attached hydrogens (tertiary/aromatic N) is 4. The maximum Gasteiger partial charge on any atom is 0.346 e. The summed E-state index contributed by atoms with van der Waals surface area (Å²) in [4.78, 5) is 13.7. The normalized spacial score (nSPS) is 23.7. The van der Waals surface area contributed by atoms with E-state index in [1.165, 1.54) is 0 Å². The molecule has 1 saturated heterocycles. The van der Waals surface area contributed by atoms with Crippen LogP contribution in [-0.4, -0.2) is 58.5 Å². The molecule has 2 bridgehead atoms. The maximum absolute atomic E-state index is 12.1. The van der Waals surface area contributed by atoms with Gasteiger partial charge in [0.2, 0.25) is 0 Å². The Morgan fingerprint density at radius 1 is 1.36 bits per heavy atom. The topological polar surface area (TPSA) is 70.8 Å². The van der Waals surface area contributed by atoms with Gasteiger partial charge in [-0.25, -0.2) is 9.48 Å². The molecule has 1 N–H and O–H groups in total. The van der Waals surface area contributed by atoms with Gasteiger partial charge in [-0.1, -0.05) is 26.8 Å². The molecule has 1 fully saturated rings. The van der Waals surface area contributed by atoms with E-state index in [4.69, 9.17) is 4.43 Å². The smallest absolute Gasteiger partial charge is 0.346 e. The third-order valence-electron chi connectivity index (χ3n) is 5.53. The van der Waals surface area contributed by atoms with Gasteiger partial charge in [-0.15, -0.1) is 0 Å². The first-order chi connectivity index (χ1) is 11.6. The fourth-order valence-electron chi connectivity index (χ4n) is 2.84. The minimum absolute atomic E-state index is 0.197. The summed E-state index contributed by atoms with van der Waals surface area (Å²) in [5.74, 6) is 0. The molecular weight excluding hydrogens is 336 g/mol. The lowest BCUT2D eigenvalue weighted by Crippen LogP contribution is -2.41. The molecule has 2 atom stereocenters. The maximum atomic E-state index is 12.1. The Balaban J connectivity index is 1.61. The van der Waals surface area contributed by atoms with Crippen LogP contribution < -0.4 is 0 Å². The zero-order chi connectivity index (χ0) is 18.4. The molecule has 3 rings (SSSR count). The van der Waals surface area contributed by atoms with Gasteiger partial charge < -0.3 is 4.43 Å². The van der Waals surface area contributed by atoms with Gasteiger partial charge in [-0.2, -0.15) is 10.2 Å². The molecule has 0 saturated carbocycles. The van der Waals surface area contributed by atoms with Crippen LogP contribution in [-0.2, 0) is 10.8 Å². The molecule has 2 unspecified atom stereocenters. The van der Waals surface area contributed by atoms with Crippen molar-refractivity contribution in [3.8, 4) is 0 Å². The van der Waals surface area contributed by atoms with Crippen LogP contribution in [0.4, 0.5) is 4.79 Å². The quantitative estimate of drug-likeness (QED) is 0.495. The second-order valence-corrected chi connectivity index (χ2v) is 13.1. The summed E-state index contributed by atoms with van der Waals surface area (Å²) in [6.07, 6.45) is 6.11. The van der Waals surface area contributed by atoms with Crippen LogP contribution in [0.1, 0.15) is 32.6 Å². The molecule has 138 valence electrons. The first-order valence-corrected chi connectivity index (χ1v) is 11.7. The zero-order valence-electron chi connectivity index (χ0n) is 15.6. The molecule has 1 aromatic rings. The predicted molar refractivity (Wildman–Crippen MR) is 96.8 cm³/mol. The molecule has 2 amide bonds. The second-order valence-electron chi connectivity index (χ2n) is 8.29. The Hall–Kier alpha value is -1.64. The first-order valence-electron chi connectivity index (χ1n) is 8.75. The molecule has 8 heteroatoms. The van der Waals surface area contributed by atoms with Crippen LogP contribution in [0.5, 0.6) is 0 Å². The summed E-state index contributed by atoms with van der Waals surface area (Å²) in [5, 5.41) is 15.3. The minimum Gasteiger partial charge on any atom is -0.416 e. The molecule has 2 aliphatic heterocycles. The van der Waals surface area contributed by atoms with E-state index in [0.29, 0.717) is 13.2 Å². The van der Waals surface area contributed by atoms with Gasteiger partial charge in [0.25, 0.3) is 0 Å². The highest BCUT2D eigenvalue weighted by Gasteiger charge is 2.42. The number of hydrogen-bond acceptors (Lipinski definition) is 4. The van der Waals surface area contributed by atoms with Crippen molar-refractivity contribution in [2.45, 2.75) is 57.5 Å². The minimum atomic E-state index is -1.74. The van der Waals surface area contributed by atoms with Crippen LogP contribution in [0.2, 0.25) is 18.1 Å². The molecule has 3 heterocycles. The number of aromatic nitrogens is 2. The summed E-state index contributed by atoms with van der Waals surface area (Å²) in [7, 11) is -1.74. The van der Waals surface area contributed by atoms with Crippen LogP contribution in [0.15, 0.2) is 24.4 Å². The van der Waals surface area contributed by atoms with E-state index in [0.717, 1.165) is 17.2 Å². The molecule has 0 aromatic carbocycles. The standard InChI is InChI=1S/C17H28N4O3Si/c1-17(2,3)25(4,5)24-11-9-13-8-10-20(18-13)15-7-6-14-12-19(15)16(22)21(14)23/h6-8,10,14-15,23H,9,11-12H2,1-5H3. The Morgan fingerprint density at radius 2 is 2.08 bits per heavy atom. The van der Waals surface area contributed by atoms with Crippen molar-refractivity contribution in [1.82, 2.24) is 19.7 Å². The number of rotatable bonds is 5. The molecule has 2 aliphatic rings. The van der Waals surface area contributed by atoms with Crippen molar-refractivity contribution in [3.05, 3.63) is 30.1 Å². The lowest BCUT2D eigenvalue weighted by Gasteiger charge is -2.36. The Labute approximate surface area is 149 Å². The molecule has 1 aromatic heterocycles. The van der Waals surface area contributed by atoms with Crippen molar-refractivity contribution in [2.24, 2.45) is 0 Å². The Morgan fingerprint density at radius 3 is 2.76 bits per heavy atom. The monoisotopic (exact) mass is 364 g/mol. The summed E-state index contributed by atoms with van der Waals surface area (Å²) >= 11 is 0. The molecule has 0 spiro atoms. The lowest BCUT2D eigenvalue weighted by molar-refractivity contribution is -0.0454. The highest BCUT2D eigenvalue weighted by Crippen LogP contribution is 2.36. The van der Waals surface area contributed by atoms with Gasteiger partial charge in [0.1, 0.15) is 6.17 Å². The Kier molecular flexibility index (Phi) is 4.55. The van der Waals surface area contributed by atoms with Crippen LogP contribution in [0, 0.1) is 0 Å². The van der Waals surface area contributed by atoms with E-state index in [1.807, 2.05) is 24.4 Å². The van der Waals surface area contributed by atoms with E-state index in [1.54, 1.807) is 9.58 Å². The number of fused-ring (bicyclic) bond motifs is 2. The van der Waals surface area contributed by atoms with E-state index in [2.05, 4.69) is 39.0 Å². The van der Waals surface area contributed by atoms with E-state index < -0.39 is 8.32 Å². The average molecular weight is 365 g/mol. The lowest BCUT2D eigenvalue weighted by atomic mass is 10.2. The van der Waals surface area contributed by atoms with E-state index in [9.17, 15) is 10.0 Å². The molecule has 0 aliphatic carbocycles. The van der Waals surface area contributed by atoms with Crippen LogP contribution in [0.3, 0.4) is 0 Å². The van der Waals surface area contributed by atoms with Gasteiger partial charge >= 0.3 is 6.03 Å². The van der Waals surface area contributed by atoms with Gasteiger partial charge in [0.15, 0.2) is 8.32 Å². The van der Waals surface area contributed by atoms with Crippen LogP contribution >= 0.6 is 0 Å². The average Bonchev–Trinajstić information content (AvgIpc) is 3.07. The van der Waals surface area contributed by atoms with Crippen LogP contribution in [0.25, 0.3) is 0 Å². The van der Waals surface area contributed by atoms with Crippen molar-refractivity contribution < 1.29 is 14.4 Å². The SMILES string of the molecule is CC(C)(C)[Si](C)(C)OCCc1ccn(C2C=CC3CN2C(=O)N3O)n1. The molecule has 25 heavy (non-hydrogen) atoms. The Bertz CT molecular complexity index is 680. The zero-order valence-corrected chi connectivity index (χ0v) is 16.6. The number of carbonyl (C=O) groups excluding carboxylic acids is 1. The summed E-state index contributed by atoms with van der Waals surface area (Å²) < 4.78 is 7.97. The number of hydrogen-bond donors (Lipinski definition) is 1. The largest absolute Gasteiger partial charge is 0.416 e. The van der Waals surface area contributed by atoms with Crippen molar-refractivity contribution in [1.29, 1.82) is 0 Å². The highest BCUT2D eigenvalue weighted by molar-refractivity contribution is 6.74. The third kappa shape index (κ3) is 3.38. The number of hydroxylamine groups is 2. The fourth-order valence-corrected chi connectivity index (χ4v) is 3.89. The molecular formula is C17H28N4O3Si. The fraction of sp³-hybridized carbons (Fsp3) is 0.647. The predicted octanol–water partition coefficient (Wildman–Crippen LogP) is 3.01. The number of urea groups is 1. The summed E-state index contributed by atoms with van der Waals surface area (Å²) in [6, 6.07) is 1.33. The van der Waals surface area contributed by atoms with Gasteiger partial charge in [-0.05, 0) is 30.3 Å². The van der Waals surface area contributed by atoms with Crippen molar-refractivity contribution in [3.63, 3.8) is 0 Å². The summed E-state index contributed by atoms with van der Waals surface area (Å²) in [5.41, 5.74) is 0.946. The molecule has 0 radical (unpaired) electrons. The third-order valence-corrected chi connectivity index (χ3v) is 10.1. The van der Waals surface area contributed by atoms with Gasteiger partial charge in [-0.3, -0.25) is 10.1 Å². The first kappa shape index (κ1) is 18.2. The summed E-state index contributed by atoms with van der Waals surface area (Å²) in [6.45, 7) is 12.3. The van der Waals surface area contributed by atoms with Crippen molar-refractivity contribution in [2.75, 3.05) is 13.2 Å². The van der Waals surface area contributed by atoms with E-state index in [-0.39, 0.29) is 23.3 Å². The number of carbonyl (C=O) groups is 1. The second kappa shape index (κ2) is 6.26. The van der Waals surface area contributed by atoms with Gasteiger partial charge in [0, 0.05) is 19.2 Å². The molecule has 7 nitrogen and oxygen atoms in total. The van der Waals surface area contributed by atoms with Crippen molar-refractivity contribution >= 4 is 14.3 Å².